The molecule has 0 aliphatic heterocycles. The van der Waals surface area contributed by atoms with Crippen molar-refractivity contribution in [2.75, 3.05) is 6.54 Å². The van der Waals surface area contributed by atoms with Gasteiger partial charge in [-0.05, 0) is 45.1 Å². The van der Waals surface area contributed by atoms with Gasteiger partial charge in [0.05, 0.1) is 0 Å². The maximum Gasteiger partial charge on any atom is 0.144 e. The topological polar surface area (TPSA) is 70.6 Å². The van der Waals surface area contributed by atoms with Crippen LogP contribution in [0.1, 0.15) is 59.3 Å². The van der Waals surface area contributed by atoms with Crippen LogP contribution in [-0.4, -0.2) is 23.6 Å². The first-order valence-corrected chi connectivity index (χ1v) is 7.19. The zero-order valence-corrected chi connectivity index (χ0v) is 12.1. The highest BCUT2D eigenvalue weighted by Gasteiger charge is 2.24. The highest BCUT2D eigenvalue weighted by Crippen LogP contribution is 2.29. The molecule has 0 aromatic heterocycles. The summed E-state index contributed by atoms with van der Waals surface area (Å²) in [7, 11) is 0. The first kappa shape index (κ1) is 15.3. The Hall–Kier alpha value is -0.770. The lowest BCUT2D eigenvalue weighted by Crippen LogP contribution is -2.37. The quantitative estimate of drug-likeness (QED) is 0.205. The zero-order valence-electron chi connectivity index (χ0n) is 12.1. The molecule has 0 bridgehead atoms. The predicted molar refractivity (Wildman–Crippen MR) is 75.8 cm³/mol. The van der Waals surface area contributed by atoms with E-state index in [1.54, 1.807) is 0 Å². The lowest BCUT2D eigenvalue weighted by Gasteiger charge is -2.32. The summed E-state index contributed by atoms with van der Waals surface area (Å²) in [6.45, 7) is 7.41. The summed E-state index contributed by atoms with van der Waals surface area (Å²) < 4.78 is 0. The molecule has 4 N–H and O–H groups in total. The Morgan fingerprint density at radius 2 is 2.11 bits per heavy atom. The van der Waals surface area contributed by atoms with Crippen LogP contribution in [0.3, 0.4) is 0 Å². The lowest BCUT2D eigenvalue weighted by molar-refractivity contribution is 0.240. The van der Waals surface area contributed by atoms with E-state index in [9.17, 15) is 0 Å². The second-order valence-electron chi connectivity index (χ2n) is 6.26. The molecule has 1 aliphatic rings. The van der Waals surface area contributed by atoms with Gasteiger partial charge >= 0.3 is 0 Å². The number of amidine groups is 1. The van der Waals surface area contributed by atoms with E-state index in [0.29, 0.717) is 11.9 Å². The molecule has 1 unspecified atom stereocenters. The van der Waals surface area contributed by atoms with Crippen molar-refractivity contribution in [2.24, 2.45) is 22.2 Å². The van der Waals surface area contributed by atoms with Crippen molar-refractivity contribution in [3.05, 3.63) is 0 Å². The Kier molecular flexibility index (Phi) is 5.93. The Bertz CT molecular complexity index is 272. The van der Waals surface area contributed by atoms with Crippen molar-refractivity contribution in [3.63, 3.8) is 0 Å². The largest absolute Gasteiger partial charge is 0.409 e. The number of nitrogens with zero attached hydrogens (tertiary/aromatic N) is 1. The molecule has 0 aromatic carbocycles. The Morgan fingerprint density at radius 3 is 2.61 bits per heavy atom. The summed E-state index contributed by atoms with van der Waals surface area (Å²) in [6, 6.07) is 0.663. The number of nitrogens with one attached hydrogen (secondary N) is 1. The standard InChI is InChI=1S/C14H29N3O/c1-11(12-7-6-8-12)16-10-5-4-9-14(2,3)13(15)17-18/h11-12,16,18H,4-10H2,1-3H3,(H2,15,17). The van der Waals surface area contributed by atoms with E-state index in [0.717, 1.165) is 31.7 Å². The normalized spacial score (nSPS) is 19.6. The molecule has 1 atom stereocenters. The van der Waals surface area contributed by atoms with Crippen molar-refractivity contribution in [1.29, 1.82) is 0 Å². The van der Waals surface area contributed by atoms with E-state index in [2.05, 4.69) is 17.4 Å². The number of rotatable bonds is 8. The van der Waals surface area contributed by atoms with Crippen LogP contribution in [0.25, 0.3) is 0 Å². The minimum Gasteiger partial charge on any atom is -0.409 e. The molecule has 1 aliphatic carbocycles. The molecule has 1 fully saturated rings. The van der Waals surface area contributed by atoms with Crippen LogP contribution in [0.4, 0.5) is 0 Å². The maximum absolute atomic E-state index is 8.69. The fraction of sp³-hybridized carbons (Fsp3) is 0.929. The van der Waals surface area contributed by atoms with Crippen LogP contribution in [0.15, 0.2) is 5.16 Å². The fourth-order valence-corrected chi connectivity index (χ4v) is 2.39. The molecule has 0 heterocycles. The van der Waals surface area contributed by atoms with E-state index < -0.39 is 0 Å². The van der Waals surface area contributed by atoms with Gasteiger partial charge in [-0.25, -0.2) is 0 Å². The highest BCUT2D eigenvalue weighted by atomic mass is 16.4. The van der Waals surface area contributed by atoms with Gasteiger partial charge in [0.1, 0.15) is 5.84 Å². The monoisotopic (exact) mass is 255 g/mol. The average Bonchev–Trinajstić information content (AvgIpc) is 2.24. The van der Waals surface area contributed by atoms with Gasteiger partial charge in [-0.2, -0.15) is 0 Å². The summed E-state index contributed by atoms with van der Waals surface area (Å²) in [5.74, 6) is 1.23. The zero-order chi connectivity index (χ0) is 13.6. The molecule has 0 saturated heterocycles. The van der Waals surface area contributed by atoms with E-state index in [4.69, 9.17) is 10.9 Å². The average molecular weight is 255 g/mol. The van der Waals surface area contributed by atoms with Crippen LogP contribution < -0.4 is 11.1 Å². The second kappa shape index (κ2) is 6.98. The van der Waals surface area contributed by atoms with Crippen molar-refractivity contribution >= 4 is 5.84 Å². The number of nitrogens with two attached hydrogens (primary N) is 1. The SMILES string of the molecule is CC(NCCCCC(C)(C)C(N)=NO)C1CCC1. The molecule has 0 radical (unpaired) electrons. The minimum absolute atomic E-state index is 0.200. The first-order chi connectivity index (χ1) is 8.47. The van der Waals surface area contributed by atoms with E-state index in [-0.39, 0.29) is 5.41 Å². The van der Waals surface area contributed by atoms with Gasteiger partial charge in [0.25, 0.3) is 0 Å². The Balaban J connectivity index is 2.07. The molecular weight excluding hydrogens is 226 g/mol. The first-order valence-electron chi connectivity index (χ1n) is 7.19. The predicted octanol–water partition coefficient (Wildman–Crippen LogP) is 2.71. The third-order valence-corrected chi connectivity index (χ3v) is 4.35. The number of hydrogen-bond acceptors (Lipinski definition) is 3. The van der Waals surface area contributed by atoms with Gasteiger partial charge in [-0.1, -0.05) is 31.8 Å². The molecule has 1 rings (SSSR count). The van der Waals surface area contributed by atoms with Gasteiger partial charge in [-0.3, -0.25) is 0 Å². The molecule has 0 spiro atoms. The molecule has 0 aromatic rings. The smallest absolute Gasteiger partial charge is 0.144 e. The van der Waals surface area contributed by atoms with Crippen molar-refractivity contribution in [1.82, 2.24) is 5.32 Å². The van der Waals surface area contributed by atoms with Gasteiger partial charge in [0, 0.05) is 11.5 Å². The highest BCUT2D eigenvalue weighted by molar-refractivity contribution is 5.85. The molecule has 18 heavy (non-hydrogen) atoms. The van der Waals surface area contributed by atoms with E-state index in [1.807, 2.05) is 13.8 Å². The van der Waals surface area contributed by atoms with Crippen LogP contribution >= 0.6 is 0 Å². The minimum atomic E-state index is -0.200. The molecule has 4 heteroatoms. The molecule has 0 amide bonds. The molecular formula is C14H29N3O. The Labute approximate surface area is 111 Å². The third-order valence-electron chi connectivity index (χ3n) is 4.35. The number of hydrogen-bond donors (Lipinski definition) is 3. The fourth-order valence-electron chi connectivity index (χ4n) is 2.39. The summed E-state index contributed by atoms with van der Waals surface area (Å²) >= 11 is 0. The molecule has 4 nitrogen and oxygen atoms in total. The third kappa shape index (κ3) is 4.48. The lowest BCUT2D eigenvalue weighted by atomic mass is 9.80. The molecule has 1 saturated carbocycles. The van der Waals surface area contributed by atoms with Gasteiger partial charge in [-0.15, -0.1) is 0 Å². The summed E-state index contributed by atoms with van der Waals surface area (Å²) in [6.07, 6.45) is 7.41. The number of oxime groups is 1. The van der Waals surface area contributed by atoms with Crippen LogP contribution in [-0.2, 0) is 0 Å². The number of unbranched alkanes of at least 4 members (excludes halogenated alkanes) is 1. The second-order valence-corrected chi connectivity index (χ2v) is 6.26. The van der Waals surface area contributed by atoms with Gasteiger partial charge in [0.15, 0.2) is 0 Å². The van der Waals surface area contributed by atoms with Crippen molar-refractivity contribution < 1.29 is 5.21 Å². The maximum atomic E-state index is 8.69. The Morgan fingerprint density at radius 1 is 1.44 bits per heavy atom. The van der Waals surface area contributed by atoms with Crippen LogP contribution in [0.5, 0.6) is 0 Å². The van der Waals surface area contributed by atoms with E-state index in [1.165, 1.54) is 19.3 Å². The van der Waals surface area contributed by atoms with E-state index >= 15 is 0 Å². The summed E-state index contributed by atoms with van der Waals surface area (Å²) in [4.78, 5) is 0. The van der Waals surface area contributed by atoms with Crippen LogP contribution in [0.2, 0.25) is 0 Å². The van der Waals surface area contributed by atoms with Gasteiger partial charge in [0.2, 0.25) is 0 Å². The van der Waals surface area contributed by atoms with Crippen molar-refractivity contribution in [3.8, 4) is 0 Å². The van der Waals surface area contributed by atoms with Gasteiger partial charge < -0.3 is 16.3 Å². The molecule has 106 valence electrons. The summed E-state index contributed by atoms with van der Waals surface area (Å²) in [5.41, 5.74) is 5.46. The summed E-state index contributed by atoms with van der Waals surface area (Å²) in [5, 5.41) is 15.4. The van der Waals surface area contributed by atoms with Crippen LogP contribution in [0, 0.1) is 11.3 Å². The van der Waals surface area contributed by atoms with Crippen molar-refractivity contribution in [2.45, 2.75) is 65.3 Å².